The van der Waals surface area contributed by atoms with Crippen LogP contribution in [-0.2, 0) is 9.53 Å². The van der Waals surface area contributed by atoms with Gasteiger partial charge in [-0.3, -0.25) is 4.79 Å². The lowest BCUT2D eigenvalue weighted by Gasteiger charge is -2.25. The first-order valence-corrected chi connectivity index (χ1v) is 6.48. The van der Waals surface area contributed by atoms with Gasteiger partial charge in [0.2, 0.25) is 0 Å². The van der Waals surface area contributed by atoms with Crippen molar-refractivity contribution in [3.63, 3.8) is 0 Å². The Balaban J connectivity index is 4.63. The molecule has 0 aromatic rings. The Kier molecular flexibility index (Phi) is 6.54. The van der Waals surface area contributed by atoms with Crippen LogP contribution in [-0.4, -0.2) is 23.5 Å². The van der Waals surface area contributed by atoms with Crippen molar-refractivity contribution in [1.29, 1.82) is 5.26 Å². The highest BCUT2D eigenvalue weighted by molar-refractivity contribution is 5.88. The second-order valence-electron chi connectivity index (χ2n) is 6.07. The maximum Gasteiger partial charge on any atom is 0.408 e. The van der Waals surface area contributed by atoms with Crippen LogP contribution in [0.5, 0.6) is 0 Å². The average molecular weight is 268 g/mol. The summed E-state index contributed by atoms with van der Waals surface area (Å²) in [6.07, 6.45) is -0.473. The Hall–Kier alpha value is -1.57. The molecular weight excluding hydrogens is 244 g/mol. The summed E-state index contributed by atoms with van der Waals surface area (Å²) in [5.41, 5.74) is -0.603. The van der Waals surface area contributed by atoms with Crippen molar-refractivity contribution in [2.45, 2.75) is 59.6 Å². The van der Waals surface area contributed by atoms with Crippen LogP contribution in [0.2, 0.25) is 0 Å². The average Bonchev–Trinajstić information content (AvgIpc) is 2.22. The summed E-state index contributed by atoms with van der Waals surface area (Å²) in [5, 5.41) is 11.3. The number of nitriles is 1. The number of ketones is 1. The van der Waals surface area contributed by atoms with Crippen LogP contribution in [0, 0.1) is 23.2 Å². The van der Waals surface area contributed by atoms with E-state index in [0.717, 1.165) is 0 Å². The molecule has 0 spiro atoms. The molecule has 0 bridgehead atoms. The van der Waals surface area contributed by atoms with E-state index in [0.29, 0.717) is 0 Å². The minimum Gasteiger partial charge on any atom is -0.444 e. The molecule has 0 fully saturated rings. The first-order chi connectivity index (χ1) is 8.56. The lowest BCUT2D eigenvalue weighted by atomic mass is 9.94. The van der Waals surface area contributed by atoms with Crippen molar-refractivity contribution in [3.05, 3.63) is 0 Å². The van der Waals surface area contributed by atoms with Gasteiger partial charge in [-0.1, -0.05) is 13.8 Å². The lowest BCUT2D eigenvalue weighted by molar-refractivity contribution is -0.122. The fraction of sp³-hybridized carbons (Fsp3) is 0.786. The van der Waals surface area contributed by atoms with Gasteiger partial charge in [0.15, 0.2) is 5.78 Å². The Morgan fingerprint density at radius 1 is 1.26 bits per heavy atom. The van der Waals surface area contributed by atoms with E-state index >= 15 is 0 Å². The van der Waals surface area contributed by atoms with E-state index in [9.17, 15) is 9.59 Å². The van der Waals surface area contributed by atoms with Crippen LogP contribution >= 0.6 is 0 Å². The zero-order valence-corrected chi connectivity index (χ0v) is 12.6. The number of carbonyl (C=O) groups is 2. The summed E-state index contributed by atoms with van der Waals surface area (Å²) in [7, 11) is 0. The predicted octanol–water partition coefficient (Wildman–Crippen LogP) is 2.65. The van der Waals surface area contributed by atoms with Gasteiger partial charge in [0, 0.05) is 6.42 Å². The van der Waals surface area contributed by atoms with E-state index in [-0.39, 0.29) is 24.0 Å². The highest BCUT2D eigenvalue weighted by Gasteiger charge is 2.27. The van der Waals surface area contributed by atoms with Crippen molar-refractivity contribution in [3.8, 4) is 6.07 Å². The number of hydrogen-bond donors (Lipinski definition) is 1. The number of Topliss-reactive ketones (excluding diaryl/α,β-unsaturated/α-hetero) is 1. The maximum atomic E-state index is 12.0. The Morgan fingerprint density at radius 2 is 1.79 bits per heavy atom. The Labute approximate surface area is 115 Å². The highest BCUT2D eigenvalue weighted by atomic mass is 16.6. The smallest absolute Gasteiger partial charge is 0.408 e. The van der Waals surface area contributed by atoms with Gasteiger partial charge in [-0.05, 0) is 33.6 Å². The normalized spacial score (nSPS) is 14.4. The van der Waals surface area contributed by atoms with E-state index in [1.165, 1.54) is 0 Å². The third kappa shape index (κ3) is 7.45. The van der Waals surface area contributed by atoms with Crippen LogP contribution in [0.25, 0.3) is 0 Å². The molecule has 0 aliphatic carbocycles. The van der Waals surface area contributed by atoms with Gasteiger partial charge in [-0.2, -0.15) is 5.26 Å². The Bertz CT molecular complexity index is 364. The second-order valence-corrected chi connectivity index (χ2v) is 6.07. The molecule has 5 nitrogen and oxygen atoms in total. The van der Waals surface area contributed by atoms with Crippen LogP contribution < -0.4 is 5.32 Å². The lowest BCUT2D eigenvalue weighted by Crippen LogP contribution is -2.46. The third-order valence-corrected chi connectivity index (χ3v) is 2.41. The van der Waals surface area contributed by atoms with Crippen LogP contribution in [0.15, 0.2) is 0 Å². The maximum absolute atomic E-state index is 12.0. The topological polar surface area (TPSA) is 79.2 Å². The summed E-state index contributed by atoms with van der Waals surface area (Å²) in [4.78, 5) is 23.7. The quantitative estimate of drug-likeness (QED) is 0.831. The van der Waals surface area contributed by atoms with Crippen LogP contribution in [0.4, 0.5) is 4.79 Å². The first-order valence-electron chi connectivity index (χ1n) is 6.48. The van der Waals surface area contributed by atoms with Crippen LogP contribution in [0.3, 0.4) is 0 Å². The molecular formula is C14H24N2O3. The largest absolute Gasteiger partial charge is 0.444 e. The summed E-state index contributed by atoms with van der Waals surface area (Å²) in [6.45, 7) is 10.7. The molecule has 108 valence electrons. The molecule has 0 radical (unpaired) electrons. The first kappa shape index (κ1) is 17.4. The highest BCUT2D eigenvalue weighted by Crippen LogP contribution is 2.12. The number of ether oxygens (including phenoxy) is 1. The molecule has 0 aliphatic rings. The van der Waals surface area contributed by atoms with Gasteiger partial charge in [0.1, 0.15) is 5.60 Å². The van der Waals surface area contributed by atoms with Gasteiger partial charge in [0.05, 0.1) is 18.0 Å². The van der Waals surface area contributed by atoms with Crippen molar-refractivity contribution >= 4 is 11.9 Å². The van der Waals surface area contributed by atoms with E-state index < -0.39 is 17.7 Å². The van der Waals surface area contributed by atoms with E-state index in [1.54, 1.807) is 27.7 Å². The van der Waals surface area contributed by atoms with E-state index in [4.69, 9.17) is 10.00 Å². The molecule has 0 heterocycles. The van der Waals surface area contributed by atoms with Crippen molar-refractivity contribution in [2.75, 3.05) is 0 Å². The number of hydrogen-bond acceptors (Lipinski definition) is 4. The number of nitrogens with zero attached hydrogens (tertiary/aromatic N) is 1. The molecule has 2 atom stereocenters. The zero-order valence-electron chi connectivity index (χ0n) is 12.6. The number of carbonyl (C=O) groups excluding carboxylic acids is 2. The van der Waals surface area contributed by atoms with Gasteiger partial charge < -0.3 is 10.1 Å². The molecule has 5 heteroatoms. The minimum atomic E-state index is -0.620. The molecule has 1 amide bonds. The number of nitrogens with one attached hydrogen (secondary N) is 1. The number of alkyl carbamates (subject to hydrolysis) is 1. The zero-order chi connectivity index (χ0) is 15.2. The van der Waals surface area contributed by atoms with Gasteiger partial charge in [0.25, 0.3) is 0 Å². The molecule has 0 rings (SSSR count). The summed E-state index contributed by atoms with van der Waals surface area (Å²) >= 11 is 0. The molecule has 0 saturated carbocycles. The standard InChI is InChI=1S/C14H24N2O3/c1-9(2)12(11(17)7-10(3)8-15)16-13(18)19-14(4,5)6/h9-10,12H,7H2,1-6H3,(H,16,18)/t10-,12+/m1/s1. The molecule has 0 aromatic carbocycles. The van der Waals surface area contributed by atoms with E-state index in [1.807, 2.05) is 19.9 Å². The van der Waals surface area contributed by atoms with Crippen molar-refractivity contribution < 1.29 is 14.3 Å². The third-order valence-electron chi connectivity index (χ3n) is 2.41. The summed E-state index contributed by atoms with van der Waals surface area (Å²) in [6, 6.07) is 1.40. The molecule has 0 aromatic heterocycles. The van der Waals surface area contributed by atoms with Gasteiger partial charge in [-0.25, -0.2) is 4.79 Å². The SMILES string of the molecule is CC(C)[C@H](NC(=O)OC(C)(C)C)C(=O)C[C@@H](C)C#N. The molecule has 0 unspecified atom stereocenters. The summed E-state index contributed by atoms with van der Waals surface area (Å²) in [5.74, 6) is -0.546. The van der Waals surface area contributed by atoms with Crippen molar-refractivity contribution in [1.82, 2.24) is 5.32 Å². The van der Waals surface area contributed by atoms with Gasteiger partial charge >= 0.3 is 6.09 Å². The fourth-order valence-electron chi connectivity index (χ4n) is 1.53. The van der Waals surface area contributed by atoms with Crippen molar-refractivity contribution in [2.24, 2.45) is 11.8 Å². The summed E-state index contributed by atoms with van der Waals surface area (Å²) < 4.78 is 5.13. The molecule has 1 N–H and O–H groups in total. The fourth-order valence-corrected chi connectivity index (χ4v) is 1.53. The number of rotatable bonds is 5. The minimum absolute atomic E-state index is 0.0501. The monoisotopic (exact) mass is 268 g/mol. The van der Waals surface area contributed by atoms with Gasteiger partial charge in [-0.15, -0.1) is 0 Å². The second kappa shape index (κ2) is 7.13. The molecule has 19 heavy (non-hydrogen) atoms. The predicted molar refractivity (Wildman–Crippen MR) is 72.4 cm³/mol. The van der Waals surface area contributed by atoms with E-state index in [2.05, 4.69) is 5.32 Å². The van der Waals surface area contributed by atoms with Crippen LogP contribution in [0.1, 0.15) is 48.0 Å². The number of amides is 1. The molecule has 0 aliphatic heterocycles. The Morgan fingerprint density at radius 3 is 2.16 bits per heavy atom. The molecule has 0 saturated heterocycles.